The van der Waals surface area contributed by atoms with E-state index in [1.807, 2.05) is 21.1 Å². The summed E-state index contributed by atoms with van der Waals surface area (Å²) < 4.78 is 22.9. The second kappa shape index (κ2) is 66.7. The molecule has 0 radical (unpaired) electrons. The van der Waals surface area contributed by atoms with E-state index < -0.39 is 24.3 Å². The van der Waals surface area contributed by atoms with Gasteiger partial charge in [-0.2, -0.15) is 0 Å². The zero-order chi connectivity index (χ0) is 61.9. The number of carbonyl (C=O) groups excluding carboxylic acids is 2. The maximum absolute atomic E-state index is 12.9. The van der Waals surface area contributed by atoms with Crippen molar-refractivity contribution in [1.82, 2.24) is 0 Å². The third-order valence-corrected chi connectivity index (χ3v) is 16.0. The van der Waals surface area contributed by atoms with Gasteiger partial charge in [-0.1, -0.05) is 331 Å². The molecule has 0 bridgehead atoms. The van der Waals surface area contributed by atoms with Crippen LogP contribution in [0.15, 0.2) is 72.9 Å². The lowest BCUT2D eigenvalue weighted by Gasteiger charge is -2.25. The van der Waals surface area contributed by atoms with Gasteiger partial charge in [-0.3, -0.25) is 9.59 Å². The van der Waals surface area contributed by atoms with Crippen molar-refractivity contribution >= 4 is 17.9 Å². The second-order valence-corrected chi connectivity index (χ2v) is 25.5. The summed E-state index contributed by atoms with van der Waals surface area (Å²) in [5, 5.41) is 9.73. The zero-order valence-corrected chi connectivity index (χ0v) is 56.5. The molecule has 0 aromatic carbocycles. The number of allylic oxidation sites excluding steroid dienone is 12. The van der Waals surface area contributed by atoms with Crippen molar-refractivity contribution in [2.24, 2.45) is 0 Å². The Morgan fingerprint density at radius 1 is 0.365 bits per heavy atom. The fourth-order valence-corrected chi connectivity index (χ4v) is 10.5. The van der Waals surface area contributed by atoms with Crippen molar-refractivity contribution in [2.45, 2.75) is 347 Å². The lowest BCUT2D eigenvalue weighted by Crippen LogP contribution is -2.40. The summed E-state index contributed by atoms with van der Waals surface area (Å²) in [5.74, 6) is -2.06. The Hall–Kier alpha value is -3.27. The van der Waals surface area contributed by atoms with Crippen LogP contribution in [0.2, 0.25) is 0 Å². The Labute approximate surface area is 526 Å². The number of quaternary nitrogens is 1. The second-order valence-electron chi connectivity index (χ2n) is 25.5. The number of carbonyl (C=O) groups is 3. The van der Waals surface area contributed by atoms with Crippen LogP contribution in [0.3, 0.4) is 0 Å². The number of aliphatic carboxylic acids is 1. The number of hydrogen-bond donors (Lipinski definition) is 1. The van der Waals surface area contributed by atoms with Crippen LogP contribution in [-0.4, -0.2) is 87.4 Å². The lowest BCUT2D eigenvalue weighted by atomic mass is 10.0. The molecular weight excluding hydrogens is 1050 g/mol. The molecule has 0 amide bonds. The van der Waals surface area contributed by atoms with Crippen LogP contribution in [0.5, 0.6) is 0 Å². The number of likely N-dealkylation sites (N-methyl/N-ethyl adjacent to an activating group) is 1. The topological polar surface area (TPSA) is 108 Å². The van der Waals surface area contributed by atoms with Crippen LogP contribution in [0.25, 0.3) is 0 Å². The summed E-state index contributed by atoms with van der Waals surface area (Å²) in [5.41, 5.74) is 0. The summed E-state index contributed by atoms with van der Waals surface area (Å²) >= 11 is 0. The molecule has 9 nitrogen and oxygen atoms in total. The van der Waals surface area contributed by atoms with Crippen LogP contribution >= 0.6 is 0 Å². The van der Waals surface area contributed by atoms with Gasteiger partial charge in [-0.25, -0.2) is 4.79 Å². The molecule has 0 aliphatic carbocycles. The summed E-state index contributed by atoms with van der Waals surface area (Å²) in [4.78, 5) is 37.5. The maximum atomic E-state index is 12.9. The predicted molar refractivity (Wildman–Crippen MR) is 364 cm³/mol. The molecule has 2 atom stereocenters. The van der Waals surface area contributed by atoms with Crippen LogP contribution in [0, 0.1) is 0 Å². The van der Waals surface area contributed by atoms with E-state index in [1.165, 1.54) is 231 Å². The van der Waals surface area contributed by atoms with Crippen LogP contribution in [0.1, 0.15) is 335 Å². The zero-order valence-electron chi connectivity index (χ0n) is 56.5. The number of esters is 2. The molecule has 0 rings (SSSR count). The monoisotopic (exact) mass is 1190 g/mol. The summed E-state index contributed by atoms with van der Waals surface area (Å²) in [6.07, 6.45) is 86.3. The number of rotatable bonds is 67. The average Bonchev–Trinajstić information content (AvgIpc) is 3.48. The van der Waals surface area contributed by atoms with Gasteiger partial charge in [0, 0.05) is 12.8 Å². The van der Waals surface area contributed by atoms with Crippen molar-refractivity contribution in [3.05, 3.63) is 72.9 Å². The van der Waals surface area contributed by atoms with Gasteiger partial charge in [-0.05, 0) is 64.2 Å². The average molecular weight is 1190 g/mol. The standard InChI is InChI=1S/C76H137NO8/c1-6-8-10-12-14-16-18-20-22-24-26-28-29-30-31-32-33-34-35-36-37-38-39-40-41-42-43-44-45-47-48-50-52-54-56-58-60-62-64-66-73(78)83-70-72(71-84-76(75(80)81)82-69-68-77(3,4)5)85-74(79)67-65-63-61-59-57-55-53-51-49-46-27-25-23-21-19-17-15-13-11-9-7-2/h9,11,15,17,21,23,27,46,51,53,57,59,72,76H,6-8,10,12-14,16,18-20,22,24-26,28-45,47-50,52,54-56,58,60-71H2,1-5H3/p+1/b11-9-,17-15-,23-21-,46-27-,53-51-,59-57-. The molecule has 0 saturated carbocycles. The minimum absolute atomic E-state index is 0.177. The van der Waals surface area contributed by atoms with Gasteiger partial charge in [0.15, 0.2) is 6.10 Å². The Kier molecular flexibility index (Phi) is 64.1. The smallest absolute Gasteiger partial charge is 0.361 e. The van der Waals surface area contributed by atoms with Gasteiger partial charge in [0.1, 0.15) is 13.2 Å². The van der Waals surface area contributed by atoms with Crippen molar-refractivity contribution in [3.8, 4) is 0 Å². The first-order valence-electron chi connectivity index (χ1n) is 36.1. The molecule has 1 N–H and O–H groups in total. The van der Waals surface area contributed by atoms with E-state index in [-0.39, 0.29) is 32.2 Å². The highest BCUT2D eigenvalue weighted by molar-refractivity contribution is 5.71. The molecule has 0 aromatic heterocycles. The molecule has 0 heterocycles. The highest BCUT2D eigenvalue weighted by Gasteiger charge is 2.25. The highest BCUT2D eigenvalue weighted by atomic mass is 16.7. The molecule has 2 unspecified atom stereocenters. The molecule has 0 fully saturated rings. The largest absolute Gasteiger partial charge is 0.477 e. The molecule has 0 saturated heterocycles. The van der Waals surface area contributed by atoms with E-state index >= 15 is 0 Å². The first kappa shape index (κ1) is 81.7. The molecule has 85 heavy (non-hydrogen) atoms. The normalized spacial score (nSPS) is 13.1. The summed E-state index contributed by atoms with van der Waals surface area (Å²) in [6, 6.07) is 0. The first-order valence-corrected chi connectivity index (χ1v) is 36.1. The van der Waals surface area contributed by atoms with Gasteiger partial charge in [0.2, 0.25) is 0 Å². The van der Waals surface area contributed by atoms with E-state index in [1.54, 1.807) is 0 Å². The Morgan fingerprint density at radius 2 is 0.671 bits per heavy atom. The van der Waals surface area contributed by atoms with Crippen LogP contribution in [0.4, 0.5) is 0 Å². The van der Waals surface area contributed by atoms with Crippen LogP contribution < -0.4 is 0 Å². The van der Waals surface area contributed by atoms with Gasteiger partial charge in [0.05, 0.1) is 34.4 Å². The molecular formula is C76H138NO8+. The number of carboxylic acids is 1. The van der Waals surface area contributed by atoms with Gasteiger partial charge >= 0.3 is 17.9 Å². The summed E-state index contributed by atoms with van der Waals surface area (Å²) in [7, 11) is 5.96. The Balaban J connectivity index is 4.00. The molecule has 0 spiro atoms. The fraction of sp³-hybridized carbons (Fsp3) is 0.803. The van der Waals surface area contributed by atoms with Gasteiger partial charge in [0.25, 0.3) is 6.29 Å². The maximum Gasteiger partial charge on any atom is 0.361 e. The SMILES string of the molecule is CC/C=C\C/C=C\C/C=C\C/C=C\C/C=C\C/C=C\CCCCC(=O)OC(COC(=O)CCCCCCCCCCCCCCCCCCCCCCCCCCCCCCCCCCCCCCCCC)COC(OCC[N+](C)(C)C)C(=O)O. The van der Waals surface area contributed by atoms with Gasteiger partial charge < -0.3 is 28.5 Å². The third kappa shape index (κ3) is 68.1. The lowest BCUT2D eigenvalue weighted by molar-refractivity contribution is -0.870. The highest BCUT2D eigenvalue weighted by Crippen LogP contribution is 2.19. The van der Waals surface area contributed by atoms with Crippen molar-refractivity contribution in [3.63, 3.8) is 0 Å². The number of hydrogen-bond acceptors (Lipinski definition) is 7. The first-order chi connectivity index (χ1) is 41.6. The Bertz CT molecular complexity index is 1620. The fourth-order valence-electron chi connectivity index (χ4n) is 10.5. The number of ether oxygens (including phenoxy) is 4. The number of unbranched alkanes of at least 4 members (excludes halogenated alkanes) is 40. The van der Waals surface area contributed by atoms with Crippen molar-refractivity contribution in [2.75, 3.05) is 47.5 Å². The number of carboxylic acid groups (broad SMARTS) is 1. The van der Waals surface area contributed by atoms with Crippen LogP contribution in [-0.2, 0) is 33.3 Å². The molecule has 0 aliphatic rings. The minimum atomic E-state index is -1.53. The van der Waals surface area contributed by atoms with E-state index in [2.05, 4.69) is 86.8 Å². The quantitative estimate of drug-likeness (QED) is 0.0211. The van der Waals surface area contributed by atoms with E-state index in [4.69, 9.17) is 18.9 Å². The van der Waals surface area contributed by atoms with Crippen molar-refractivity contribution < 1.29 is 42.9 Å². The third-order valence-electron chi connectivity index (χ3n) is 16.0. The molecule has 0 aromatic rings. The van der Waals surface area contributed by atoms with Gasteiger partial charge in [-0.15, -0.1) is 0 Å². The summed E-state index contributed by atoms with van der Waals surface area (Å²) in [6.45, 7) is 4.75. The van der Waals surface area contributed by atoms with Crippen molar-refractivity contribution in [1.29, 1.82) is 0 Å². The predicted octanol–water partition coefficient (Wildman–Crippen LogP) is 22.5. The van der Waals surface area contributed by atoms with E-state index in [0.29, 0.717) is 23.9 Å². The minimum Gasteiger partial charge on any atom is -0.477 e. The van der Waals surface area contributed by atoms with E-state index in [0.717, 1.165) is 70.6 Å². The molecule has 9 heteroatoms. The molecule has 494 valence electrons. The van der Waals surface area contributed by atoms with E-state index in [9.17, 15) is 19.5 Å². The number of nitrogens with zero attached hydrogens (tertiary/aromatic N) is 1. The Morgan fingerprint density at radius 3 is 1.00 bits per heavy atom. The molecule has 0 aliphatic heterocycles.